The van der Waals surface area contributed by atoms with Gasteiger partial charge in [-0.15, -0.1) is 0 Å². The van der Waals surface area contributed by atoms with Crippen molar-refractivity contribution < 1.29 is 14.2 Å². The molecular weight excluding hydrogens is 525 g/mol. The van der Waals surface area contributed by atoms with Crippen LogP contribution in [0.2, 0.25) is 12.0 Å². The Hall–Kier alpha value is -3.46. The van der Waals surface area contributed by atoms with Gasteiger partial charge in [-0.05, 0) is 62.5 Å². The molecule has 0 aliphatic carbocycles. The van der Waals surface area contributed by atoms with Gasteiger partial charge in [0.2, 0.25) is 5.71 Å². The summed E-state index contributed by atoms with van der Waals surface area (Å²) in [4.78, 5) is 34.1. The van der Waals surface area contributed by atoms with Gasteiger partial charge >= 0.3 is 7.05 Å². The summed E-state index contributed by atoms with van der Waals surface area (Å²) in [6.45, 7) is 8.54. The highest BCUT2D eigenvalue weighted by Gasteiger charge is 2.34. The fourth-order valence-corrected chi connectivity index (χ4v) is 5.05. The summed E-state index contributed by atoms with van der Waals surface area (Å²) in [5.41, 5.74) is 3.01. The molecule has 0 spiro atoms. The van der Waals surface area contributed by atoms with Gasteiger partial charge in [0.1, 0.15) is 10.9 Å². The molecule has 2 N–H and O–H groups in total. The molecule has 0 radical (unpaired) electrons. The van der Waals surface area contributed by atoms with Crippen LogP contribution in [0.15, 0.2) is 75.9 Å². The van der Waals surface area contributed by atoms with E-state index in [1.807, 2.05) is 75.4 Å². The Morgan fingerprint density at radius 1 is 1.10 bits per heavy atom. The monoisotopic (exact) mass is 559 g/mol. The lowest BCUT2D eigenvalue weighted by Crippen LogP contribution is -2.41. The lowest BCUT2D eigenvalue weighted by Gasteiger charge is -2.35. The van der Waals surface area contributed by atoms with Crippen LogP contribution in [0.25, 0.3) is 11.1 Å². The van der Waals surface area contributed by atoms with Gasteiger partial charge in [-0.1, -0.05) is 73.5 Å². The zero-order valence-electron chi connectivity index (χ0n) is 23.4. The molecule has 0 aliphatic rings. The Balaban J connectivity index is 1.88. The molecule has 0 saturated carbocycles. The molecule has 1 unspecified atom stereocenters. The van der Waals surface area contributed by atoms with Gasteiger partial charge in [0.15, 0.2) is 5.43 Å². The highest BCUT2D eigenvalue weighted by atomic mass is 35.5. The molecule has 2 aromatic heterocycles. The Bertz CT molecular complexity index is 1510. The van der Waals surface area contributed by atoms with E-state index in [9.17, 15) is 14.6 Å². The molecule has 2 aromatic carbocycles. The van der Waals surface area contributed by atoms with Crippen molar-refractivity contribution in [3.8, 4) is 0 Å². The summed E-state index contributed by atoms with van der Waals surface area (Å²) < 4.78 is 6.44. The van der Waals surface area contributed by atoms with Crippen LogP contribution in [0.5, 0.6) is 0 Å². The van der Waals surface area contributed by atoms with E-state index < -0.39 is 13.1 Å². The fraction of sp³-hybridized carbons (Fsp3) is 0.323. The average molecular weight is 560 g/mol. The third kappa shape index (κ3) is 7.00. The number of nitrogens with zero attached hydrogens (tertiary/aromatic N) is 2. The van der Waals surface area contributed by atoms with Crippen LogP contribution in [-0.2, 0) is 6.42 Å². The first kappa shape index (κ1) is 29.5. The van der Waals surface area contributed by atoms with Crippen molar-refractivity contribution in [1.82, 2.24) is 15.1 Å². The minimum Gasteiger partial charge on any atom is -0.440 e. The molecule has 0 bridgehead atoms. The smallest absolute Gasteiger partial charge is 0.373 e. The predicted molar refractivity (Wildman–Crippen MR) is 161 cm³/mol. The van der Waals surface area contributed by atoms with Gasteiger partial charge in [-0.25, -0.2) is 4.98 Å². The van der Waals surface area contributed by atoms with Crippen molar-refractivity contribution in [3.05, 3.63) is 110 Å². The second-order valence-electron chi connectivity index (χ2n) is 10.5. The largest absolute Gasteiger partial charge is 0.440 e. The molecule has 2 heterocycles. The van der Waals surface area contributed by atoms with E-state index in [4.69, 9.17) is 16.0 Å². The van der Waals surface area contributed by atoms with Crippen molar-refractivity contribution in [2.75, 3.05) is 13.1 Å². The maximum atomic E-state index is 14.1. The first-order valence-electron chi connectivity index (χ1n) is 13.6. The summed E-state index contributed by atoms with van der Waals surface area (Å²) in [5.74, 6) is 0.145. The van der Waals surface area contributed by atoms with Gasteiger partial charge in [0.05, 0.1) is 11.4 Å². The molecule has 9 heteroatoms. The molecule has 4 rings (SSSR count). The Labute approximate surface area is 240 Å². The quantitative estimate of drug-likeness (QED) is 0.140. The molecule has 208 valence electrons. The lowest BCUT2D eigenvalue weighted by molar-refractivity contribution is 0.0586. The maximum Gasteiger partial charge on any atom is 0.373 e. The molecule has 40 heavy (non-hydrogen) atoms. The van der Waals surface area contributed by atoms with Crippen LogP contribution >= 0.6 is 11.6 Å². The highest BCUT2D eigenvalue weighted by molar-refractivity contribution is 6.45. The number of fused-ring (bicyclic) bond motifs is 1. The summed E-state index contributed by atoms with van der Waals surface area (Å²) in [6, 6.07) is 19.8. The van der Waals surface area contributed by atoms with Gasteiger partial charge in [-0.2, -0.15) is 0 Å². The van der Waals surface area contributed by atoms with E-state index in [1.165, 1.54) is 0 Å². The minimum absolute atomic E-state index is 0.103. The zero-order chi connectivity index (χ0) is 28.8. The predicted octanol–water partition coefficient (Wildman–Crippen LogP) is 5.67. The third-order valence-electron chi connectivity index (χ3n) is 6.88. The summed E-state index contributed by atoms with van der Waals surface area (Å²) >= 11 is 6.19. The van der Waals surface area contributed by atoms with E-state index in [0.29, 0.717) is 48.2 Å². The summed E-state index contributed by atoms with van der Waals surface area (Å²) in [7, 11) is -0.658. The van der Waals surface area contributed by atoms with E-state index in [0.717, 1.165) is 11.1 Å². The molecule has 0 aliphatic heterocycles. The number of rotatable bonds is 11. The van der Waals surface area contributed by atoms with Crippen molar-refractivity contribution in [2.45, 2.75) is 46.5 Å². The Kier molecular flexibility index (Phi) is 9.79. The average Bonchev–Trinajstić information content (AvgIpc) is 2.92. The SMILES string of the molecule is CB(O)NCCCN(C(=O)c1ccc(C)cc1)C(c1oc2nc(Cl)ccc2c(=O)c1Cc1ccccc1)C(C)C. The van der Waals surface area contributed by atoms with Crippen LogP contribution in [0, 0.1) is 12.8 Å². The fourth-order valence-electron chi connectivity index (χ4n) is 4.91. The van der Waals surface area contributed by atoms with E-state index in [1.54, 1.807) is 23.9 Å². The van der Waals surface area contributed by atoms with Crippen LogP contribution in [-0.4, -0.2) is 41.0 Å². The van der Waals surface area contributed by atoms with E-state index >= 15 is 0 Å². The van der Waals surface area contributed by atoms with Crippen molar-refractivity contribution in [2.24, 2.45) is 5.92 Å². The molecule has 1 amide bonds. The topological polar surface area (TPSA) is 95.7 Å². The number of aryl methyl sites for hydroxylation is 1. The van der Waals surface area contributed by atoms with Crippen molar-refractivity contribution in [3.63, 3.8) is 0 Å². The summed E-state index contributed by atoms with van der Waals surface area (Å²) in [6.07, 6.45) is 0.929. The third-order valence-corrected chi connectivity index (χ3v) is 7.09. The number of nitrogens with one attached hydrogen (secondary N) is 1. The standard InChI is InChI=1S/C31H35BClN3O4/c1-20(2)27(36(18-8-17-34-32(4)39)31(38)23-13-11-21(3)12-14-23)29-25(19-22-9-6-5-7-10-22)28(37)24-15-16-26(33)35-30(24)40-29/h5-7,9-16,20,27,34,39H,8,17-19H2,1-4H3. The normalized spacial score (nSPS) is 12.1. The first-order valence-corrected chi connectivity index (χ1v) is 14.0. The molecule has 7 nitrogen and oxygen atoms in total. The molecule has 1 atom stereocenters. The van der Waals surface area contributed by atoms with Gasteiger partial charge < -0.3 is 19.6 Å². The minimum atomic E-state index is -0.658. The highest BCUT2D eigenvalue weighted by Crippen LogP contribution is 2.34. The number of aromatic nitrogens is 1. The van der Waals surface area contributed by atoms with Crippen molar-refractivity contribution in [1.29, 1.82) is 0 Å². The Morgan fingerprint density at radius 3 is 2.45 bits per heavy atom. The molecule has 4 aromatic rings. The van der Waals surface area contributed by atoms with Crippen molar-refractivity contribution >= 4 is 35.7 Å². The summed E-state index contributed by atoms with van der Waals surface area (Å²) in [5, 5.41) is 13.2. The number of amides is 1. The molecule has 0 saturated heterocycles. The Morgan fingerprint density at radius 2 is 1.80 bits per heavy atom. The van der Waals surface area contributed by atoms with Crippen LogP contribution < -0.4 is 10.7 Å². The second kappa shape index (κ2) is 13.3. The number of carbonyl (C=O) groups excluding carboxylic acids is 1. The van der Waals surface area contributed by atoms with E-state index in [-0.39, 0.29) is 28.1 Å². The number of pyridine rings is 1. The van der Waals surface area contributed by atoms with Crippen LogP contribution in [0.1, 0.15) is 59.1 Å². The molecular formula is C31H35BClN3O4. The van der Waals surface area contributed by atoms with Crippen LogP contribution in [0.3, 0.4) is 0 Å². The van der Waals surface area contributed by atoms with Gasteiger partial charge in [-0.3, -0.25) is 9.59 Å². The molecule has 0 fully saturated rings. The zero-order valence-corrected chi connectivity index (χ0v) is 24.1. The first-order chi connectivity index (χ1) is 19.2. The lowest BCUT2D eigenvalue weighted by atomic mass is 9.89. The van der Waals surface area contributed by atoms with Gasteiger partial charge in [0.25, 0.3) is 5.91 Å². The number of hydrogen-bond acceptors (Lipinski definition) is 6. The van der Waals surface area contributed by atoms with Crippen LogP contribution in [0.4, 0.5) is 0 Å². The number of halogens is 1. The number of hydrogen-bond donors (Lipinski definition) is 2. The van der Waals surface area contributed by atoms with Gasteiger partial charge in [0, 0.05) is 24.1 Å². The number of carbonyl (C=O) groups is 1. The maximum absolute atomic E-state index is 14.1. The number of benzene rings is 2. The van der Waals surface area contributed by atoms with E-state index in [2.05, 4.69) is 10.2 Å². The second-order valence-corrected chi connectivity index (χ2v) is 10.8.